The van der Waals surface area contributed by atoms with Gasteiger partial charge in [-0.15, -0.1) is 11.6 Å². The first-order valence-electron chi connectivity index (χ1n) is 6.76. The van der Waals surface area contributed by atoms with E-state index in [1.165, 1.54) is 12.1 Å². The third kappa shape index (κ3) is 2.95. The summed E-state index contributed by atoms with van der Waals surface area (Å²) in [6, 6.07) is 10.5. The van der Waals surface area contributed by atoms with Crippen molar-refractivity contribution in [3.05, 3.63) is 63.4 Å². The molecule has 0 spiro atoms. The fourth-order valence-electron chi connectivity index (χ4n) is 2.68. The number of benzene rings is 2. The molecule has 3 rings (SSSR count). The third-order valence-corrected chi connectivity index (χ3v) is 4.82. The topological polar surface area (TPSA) is 9.23 Å². The molecule has 110 valence electrons. The van der Waals surface area contributed by atoms with Crippen molar-refractivity contribution >= 4 is 27.5 Å². The van der Waals surface area contributed by atoms with Gasteiger partial charge in [0, 0.05) is 10.9 Å². The van der Waals surface area contributed by atoms with E-state index < -0.39 is 5.38 Å². The summed E-state index contributed by atoms with van der Waals surface area (Å²) in [5, 5.41) is -0.399. The minimum atomic E-state index is -0.399. The normalized spacial score (nSPS) is 17.2. The number of halogens is 3. The highest BCUT2D eigenvalue weighted by atomic mass is 79.9. The SMILES string of the molecule is CC1(C)Cc2cc(C(Cl)c3cc(F)ccc3Br)ccc2O1. The first kappa shape index (κ1) is 14.9. The van der Waals surface area contributed by atoms with Gasteiger partial charge in [-0.1, -0.05) is 28.1 Å². The summed E-state index contributed by atoms with van der Waals surface area (Å²) in [5.74, 6) is 0.621. The summed E-state index contributed by atoms with van der Waals surface area (Å²) in [6.45, 7) is 4.13. The van der Waals surface area contributed by atoms with Crippen LogP contribution in [-0.4, -0.2) is 5.60 Å². The van der Waals surface area contributed by atoms with Gasteiger partial charge in [0.05, 0.1) is 5.38 Å². The Morgan fingerprint density at radius 2 is 2.00 bits per heavy atom. The predicted molar refractivity (Wildman–Crippen MR) is 86.6 cm³/mol. The lowest BCUT2D eigenvalue weighted by Crippen LogP contribution is -2.24. The quantitative estimate of drug-likeness (QED) is 0.623. The molecule has 0 saturated heterocycles. The van der Waals surface area contributed by atoms with Crippen LogP contribution in [0.25, 0.3) is 0 Å². The van der Waals surface area contributed by atoms with E-state index in [2.05, 4.69) is 35.8 Å². The van der Waals surface area contributed by atoms with Gasteiger partial charge in [0.2, 0.25) is 0 Å². The molecule has 21 heavy (non-hydrogen) atoms. The second kappa shape index (κ2) is 5.29. The van der Waals surface area contributed by atoms with E-state index in [-0.39, 0.29) is 11.4 Å². The molecule has 0 saturated carbocycles. The molecule has 0 fully saturated rings. The van der Waals surface area contributed by atoms with Crippen molar-refractivity contribution in [3.63, 3.8) is 0 Å². The van der Waals surface area contributed by atoms with Crippen LogP contribution in [0, 0.1) is 5.82 Å². The van der Waals surface area contributed by atoms with Gasteiger partial charge in [0.25, 0.3) is 0 Å². The number of hydrogen-bond acceptors (Lipinski definition) is 1. The number of ether oxygens (including phenoxy) is 1. The molecule has 0 amide bonds. The predicted octanol–water partition coefficient (Wildman–Crippen LogP) is 5.63. The molecule has 4 heteroatoms. The highest BCUT2D eigenvalue weighted by Crippen LogP contribution is 2.40. The van der Waals surface area contributed by atoms with Crippen LogP contribution in [0.4, 0.5) is 4.39 Å². The molecule has 2 aromatic rings. The monoisotopic (exact) mass is 368 g/mol. The second-order valence-electron chi connectivity index (χ2n) is 5.93. The lowest BCUT2D eigenvalue weighted by atomic mass is 9.97. The van der Waals surface area contributed by atoms with Crippen LogP contribution in [0.2, 0.25) is 0 Å². The van der Waals surface area contributed by atoms with E-state index in [1.807, 2.05) is 12.1 Å². The molecule has 0 bridgehead atoms. The first-order valence-corrected chi connectivity index (χ1v) is 7.99. The van der Waals surface area contributed by atoms with Crippen LogP contribution in [0.3, 0.4) is 0 Å². The maximum Gasteiger partial charge on any atom is 0.123 e. The van der Waals surface area contributed by atoms with Gasteiger partial charge in [-0.2, -0.15) is 0 Å². The molecule has 1 atom stereocenters. The molecule has 2 aromatic carbocycles. The molecular formula is C17H15BrClFO. The fraction of sp³-hybridized carbons (Fsp3) is 0.294. The zero-order valence-corrected chi connectivity index (χ0v) is 14.1. The van der Waals surface area contributed by atoms with Gasteiger partial charge < -0.3 is 4.74 Å². The van der Waals surface area contributed by atoms with Gasteiger partial charge in [-0.05, 0) is 54.8 Å². The summed E-state index contributed by atoms with van der Waals surface area (Å²) in [4.78, 5) is 0. The number of fused-ring (bicyclic) bond motifs is 1. The second-order valence-corrected chi connectivity index (χ2v) is 7.22. The summed E-state index contributed by atoms with van der Waals surface area (Å²) in [6.07, 6.45) is 0.851. The lowest BCUT2D eigenvalue weighted by molar-refractivity contribution is 0.138. The Kier molecular flexibility index (Phi) is 3.74. The molecule has 0 aromatic heterocycles. The minimum Gasteiger partial charge on any atom is -0.487 e. The van der Waals surface area contributed by atoms with Gasteiger partial charge >= 0.3 is 0 Å². The largest absolute Gasteiger partial charge is 0.487 e. The minimum absolute atomic E-state index is 0.178. The summed E-state index contributed by atoms with van der Waals surface area (Å²) < 4.78 is 20.1. The highest BCUT2D eigenvalue weighted by molar-refractivity contribution is 9.10. The Bertz CT molecular complexity index is 699. The molecule has 1 aliphatic rings. The lowest BCUT2D eigenvalue weighted by Gasteiger charge is -2.16. The van der Waals surface area contributed by atoms with Crippen molar-refractivity contribution in [1.29, 1.82) is 0 Å². The summed E-state index contributed by atoms with van der Waals surface area (Å²) in [7, 11) is 0. The molecular weight excluding hydrogens is 355 g/mol. The van der Waals surface area contributed by atoms with Crippen LogP contribution in [0.1, 0.15) is 35.9 Å². The molecule has 0 N–H and O–H groups in total. The Balaban J connectivity index is 1.97. The molecule has 1 unspecified atom stereocenters. The summed E-state index contributed by atoms with van der Waals surface area (Å²) in [5.41, 5.74) is 2.65. The highest BCUT2D eigenvalue weighted by Gasteiger charge is 2.30. The van der Waals surface area contributed by atoms with Gasteiger partial charge in [-0.25, -0.2) is 4.39 Å². The zero-order chi connectivity index (χ0) is 15.2. The fourth-order valence-corrected chi connectivity index (χ4v) is 3.60. The van der Waals surface area contributed by atoms with Crippen LogP contribution in [-0.2, 0) is 6.42 Å². The smallest absolute Gasteiger partial charge is 0.123 e. The average molecular weight is 370 g/mol. The van der Waals surface area contributed by atoms with Crippen molar-refractivity contribution in [3.8, 4) is 5.75 Å². The van der Waals surface area contributed by atoms with E-state index in [0.717, 1.165) is 33.3 Å². The van der Waals surface area contributed by atoms with Crippen molar-refractivity contribution in [2.45, 2.75) is 31.2 Å². The van der Waals surface area contributed by atoms with Gasteiger partial charge in [0.1, 0.15) is 17.2 Å². The maximum atomic E-state index is 13.4. The molecule has 0 radical (unpaired) electrons. The molecule has 1 aliphatic heterocycles. The Morgan fingerprint density at radius 3 is 2.76 bits per heavy atom. The summed E-state index contributed by atoms with van der Waals surface area (Å²) >= 11 is 9.98. The average Bonchev–Trinajstić information content (AvgIpc) is 2.73. The molecule has 0 aliphatic carbocycles. The Morgan fingerprint density at radius 1 is 1.24 bits per heavy atom. The van der Waals surface area contributed by atoms with Crippen LogP contribution in [0.15, 0.2) is 40.9 Å². The molecule has 1 nitrogen and oxygen atoms in total. The van der Waals surface area contributed by atoms with Crippen LogP contribution < -0.4 is 4.74 Å². The van der Waals surface area contributed by atoms with E-state index in [4.69, 9.17) is 16.3 Å². The van der Waals surface area contributed by atoms with Crippen molar-refractivity contribution in [1.82, 2.24) is 0 Å². The molecule has 1 heterocycles. The van der Waals surface area contributed by atoms with Crippen molar-refractivity contribution in [2.75, 3.05) is 0 Å². The Hall–Kier alpha value is -1.06. The van der Waals surface area contributed by atoms with Gasteiger partial charge in [0.15, 0.2) is 0 Å². The van der Waals surface area contributed by atoms with Crippen molar-refractivity contribution < 1.29 is 9.13 Å². The Labute approximate surface area is 137 Å². The first-order chi connectivity index (χ1) is 9.85. The third-order valence-electron chi connectivity index (χ3n) is 3.61. The van der Waals surface area contributed by atoms with Gasteiger partial charge in [-0.3, -0.25) is 0 Å². The van der Waals surface area contributed by atoms with E-state index >= 15 is 0 Å². The van der Waals surface area contributed by atoms with Crippen LogP contribution in [0.5, 0.6) is 5.75 Å². The van der Waals surface area contributed by atoms with Crippen molar-refractivity contribution in [2.24, 2.45) is 0 Å². The number of rotatable bonds is 2. The van der Waals surface area contributed by atoms with E-state index in [1.54, 1.807) is 6.07 Å². The van der Waals surface area contributed by atoms with E-state index in [0.29, 0.717) is 0 Å². The maximum absolute atomic E-state index is 13.4. The zero-order valence-electron chi connectivity index (χ0n) is 11.8. The van der Waals surface area contributed by atoms with E-state index in [9.17, 15) is 4.39 Å². The number of alkyl halides is 1. The standard InChI is InChI=1S/C17H15BrClFO/c1-17(2)9-11-7-10(3-6-15(11)21-17)16(19)13-8-12(20)4-5-14(13)18/h3-8,16H,9H2,1-2H3. The number of hydrogen-bond donors (Lipinski definition) is 0. The van der Waals surface area contributed by atoms with Crippen LogP contribution >= 0.6 is 27.5 Å².